The van der Waals surface area contributed by atoms with Crippen molar-refractivity contribution in [2.45, 2.75) is 72.8 Å². The number of thiophene rings is 1. The number of aryl methyl sites for hydroxylation is 1. The highest BCUT2D eigenvalue weighted by molar-refractivity contribution is 7.07. The van der Waals surface area contributed by atoms with Crippen LogP contribution in [0.2, 0.25) is 0 Å². The molecule has 0 radical (unpaired) electrons. The second kappa shape index (κ2) is 8.84. The maximum atomic E-state index is 3.75. The van der Waals surface area contributed by atoms with Crippen molar-refractivity contribution < 1.29 is 0 Å². The van der Waals surface area contributed by atoms with Crippen molar-refractivity contribution in [3.63, 3.8) is 0 Å². The molecule has 0 fully saturated rings. The molecule has 0 aliphatic carbocycles. The lowest BCUT2D eigenvalue weighted by molar-refractivity contribution is 0.270. The predicted octanol–water partition coefficient (Wildman–Crippen LogP) is 5.51. The third kappa shape index (κ3) is 8.06. The second-order valence-corrected chi connectivity index (χ2v) is 8.21. The normalized spacial score (nSPS) is 15.2. The quantitative estimate of drug-likeness (QED) is 0.633. The van der Waals surface area contributed by atoms with Crippen LogP contribution < -0.4 is 5.32 Å². The molecular weight excluding hydrogens is 262 g/mol. The lowest BCUT2D eigenvalue weighted by atomic mass is 9.82. The molecule has 1 N–H and O–H groups in total. The van der Waals surface area contributed by atoms with Gasteiger partial charge >= 0.3 is 0 Å². The summed E-state index contributed by atoms with van der Waals surface area (Å²) in [7, 11) is 0. The first-order valence-electron chi connectivity index (χ1n) is 8.15. The summed E-state index contributed by atoms with van der Waals surface area (Å²) in [5.74, 6) is 0.798. The van der Waals surface area contributed by atoms with E-state index in [0.29, 0.717) is 11.5 Å². The molecule has 0 aliphatic heterocycles. The Balaban J connectivity index is 2.42. The first kappa shape index (κ1) is 17.7. The molecule has 1 heterocycles. The fourth-order valence-corrected chi connectivity index (χ4v) is 3.75. The van der Waals surface area contributed by atoms with Crippen LogP contribution in [0.4, 0.5) is 0 Å². The van der Waals surface area contributed by atoms with Crippen LogP contribution in [0, 0.1) is 11.3 Å². The number of hydrogen-bond donors (Lipinski definition) is 1. The van der Waals surface area contributed by atoms with Crippen LogP contribution in [0.15, 0.2) is 16.8 Å². The molecule has 0 amide bonds. The van der Waals surface area contributed by atoms with Gasteiger partial charge in [-0.05, 0) is 72.4 Å². The maximum Gasteiger partial charge on any atom is 0.00727 e. The Morgan fingerprint density at radius 2 is 2.05 bits per heavy atom. The lowest BCUT2D eigenvalue weighted by Crippen LogP contribution is -2.32. The fourth-order valence-electron chi connectivity index (χ4n) is 3.04. The van der Waals surface area contributed by atoms with Gasteiger partial charge < -0.3 is 5.32 Å². The van der Waals surface area contributed by atoms with Crippen LogP contribution in [0.25, 0.3) is 0 Å². The first-order chi connectivity index (χ1) is 9.40. The van der Waals surface area contributed by atoms with E-state index in [1.807, 2.05) is 11.3 Å². The zero-order valence-electron chi connectivity index (χ0n) is 14.0. The smallest absolute Gasteiger partial charge is 0.00727 e. The van der Waals surface area contributed by atoms with Gasteiger partial charge in [-0.1, -0.05) is 34.6 Å². The van der Waals surface area contributed by atoms with Gasteiger partial charge in [0.25, 0.3) is 0 Å². The largest absolute Gasteiger partial charge is 0.314 e. The summed E-state index contributed by atoms with van der Waals surface area (Å²) in [6.45, 7) is 12.9. The van der Waals surface area contributed by atoms with E-state index in [2.05, 4.69) is 56.8 Å². The predicted molar refractivity (Wildman–Crippen MR) is 92.6 cm³/mol. The van der Waals surface area contributed by atoms with Crippen molar-refractivity contribution in [3.8, 4) is 0 Å². The molecule has 20 heavy (non-hydrogen) atoms. The number of hydrogen-bond acceptors (Lipinski definition) is 2. The van der Waals surface area contributed by atoms with Crippen LogP contribution in [0.5, 0.6) is 0 Å². The Bertz CT molecular complexity index is 337. The van der Waals surface area contributed by atoms with Gasteiger partial charge in [0.2, 0.25) is 0 Å². The topological polar surface area (TPSA) is 12.0 Å². The van der Waals surface area contributed by atoms with Crippen LogP contribution in [-0.2, 0) is 6.42 Å². The monoisotopic (exact) mass is 295 g/mol. The van der Waals surface area contributed by atoms with E-state index >= 15 is 0 Å². The standard InChI is InChI=1S/C18H33NS/c1-6-10-19-17(8-7-16-9-11-20-14-16)12-15(2)13-18(3,4)5/h9,11,14-15,17,19H,6-8,10,12-13H2,1-5H3. The van der Waals surface area contributed by atoms with Gasteiger partial charge in [-0.25, -0.2) is 0 Å². The minimum absolute atomic E-state index is 0.447. The van der Waals surface area contributed by atoms with Crippen molar-refractivity contribution in [2.24, 2.45) is 11.3 Å². The van der Waals surface area contributed by atoms with Gasteiger partial charge in [-0.15, -0.1) is 0 Å². The minimum Gasteiger partial charge on any atom is -0.314 e. The highest BCUT2D eigenvalue weighted by atomic mass is 32.1. The van der Waals surface area contributed by atoms with E-state index in [-0.39, 0.29) is 0 Å². The molecule has 0 bridgehead atoms. The number of rotatable bonds is 9. The van der Waals surface area contributed by atoms with E-state index in [0.717, 1.165) is 12.5 Å². The third-order valence-electron chi connectivity index (χ3n) is 3.69. The van der Waals surface area contributed by atoms with Gasteiger partial charge in [-0.2, -0.15) is 11.3 Å². The molecule has 1 aromatic heterocycles. The SMILES string of the molecule is CCCNC(CCc1ccsc1)CC(C)CC(C)(C)C. The number of nitrogens with one attached hydrogen (secondary N) is 1. The van der Waals surface area contributed by atoms with Gasteiger partial charge in [0.05, 0.1) is 0 Å². The summed E-state index contributed by atoms with van der Waals surface area (Å²) < 4.78 is 0. The molecular formula is C18H33NS. The van der Waals surface area contributed by atoms with Crippen molar-refractivity contribution >= 4 is 11.3 Å². The van der Waals surface area contributed by atoms with Gasteiger partial charge in [-0.3, -0.25) is 0 Å². The molecule has 2 atom stereocenters. The summed E-state index contributed by atoms with van der Waals surface area (Å²) in [6.07, 6.45) is 6.33. The fraction of sp³-hybridized carbons (Fsp3) is 0.778. The van der Waals surface area contributed by atoms with Crippen molar-refractivity contribution in [3.05, 3.63) is 22.4 Å². The first-order valence-corrected chi connectivity index (χ1v) is 9.09. The molecule has 2 heteroatoms. The van der Waals surface area contributed by atoms with Gasteiger partial charge in [0.15, 0.2) is 0 Å². The van der Waals surface area contributed by atoms with Crippen LogP contribution >= 0.6 is 11.3 Å². The van der Waals surface area contributed by atoms with E-state index in [1.165, 1.54) is 37.7 Å². The van der Waals surface area contributed by atoms with E-state index in [4.69, 9.17) is 0 Å². The second-order valence-electron chi connectivity index (χ2n) is 7.43. The highest BCUT2D eigenvalue weighted by Gasteiger charge is 2.19. The van der Waals surface area contributed by atoms with Gasteiger partial charge in [0.1, 0.15) is 0 Å². The molecule has 0 saturated heterocycles. The van der Waals surface area contributed by atoms with E-state index in [1.54, 1.807) is 0 Å². The Morgan fingerprint density at radius 3 is 2.60 bits per heavy atom. The maximum absolute atomic E-state index is 3.75. The van der Waals surface area contributed by atoms with Crippen LogP contribution in [0.1, 0.15) is 65.9 Å². The van der Waals surface area contributed by atoms with Crippen molar-refractivity contribution in [2.75, 3.05) is 6.54 Å². The Hall–Kier alpha value is -0.340. The summed E-state index contributed by atoms with van der Waals surface area (Å²) >= 11 is 1.81. The molecule has 116 valence electrons. The van der Waals surface area contributed by atoms with E-state index in [9.17, 15) is 0 Å². The Kier molecular flexibility index (Phi) is 7.83. The van der Waals surface area contributed by atoms with Gasteiger partial charge in [0, 0.05) is 6.04 Å². The zero-order valence-corrected chi connectivity index (χ0v) is 14.9. The van der Waals surface area contributed by atoms with Crippen molar-refractivity contribution in [1.82, 2.24) is 5.32 Å². The summed E-state index contributed by atoms with van der Waals surface area (Å²) in [6, 6.07) is 2.94. The Morgan fingerprint density at radius 1 is 1.30 bits per heavy atom. The highest BCUT2D eigenvalue weighted by Crippen LogP contribution is 2.27. The van der Waals surface area contributed by atoms with Crippen LogP contribution in [-0.4, -0.2) is 12.6 Å². The average Bonchev–Trinajstić information content (AvgIpc) is 2.83. The van der Waals surface area contributed by atoms with Crippen molar-refractivity contribution in [1.29, 1.82) is 0 Å². The Labute approximate surface area is 130 Å². The van der Waals surface area contributed by atoms with E-state index < -0.39 is 0 Å². The third-order valence-corrected chi connectivity index (χ3v) is 4.42. The molecule has 1 nitrogen and oxygen atoms in total. The molecule has 2 unspecified atom stereocenters. The summed E-state index contributed by atoms with van der Waals surface area (Å²) in [5.41, 5.74) is 1.95. The summed E-state index contributed by atoms with van der Waals surface area (Å²) in [5, 5.41) is 8.23. The molecule has 0 spiro atoms. The minimum atomic E-state index is 0.447. The average molecular weight is 296 g/mol. The zero-order chi connectivity index (χ0) is 15.0. The van der Waals surface area contributed by atoms with Crippen LogP contribution in [0.3, 0.4) is 0 Å². The molecule has 0 aromatic carbocycles. The molecule has 1 aromatic rings. The molecule has 1 rings (SSSR count). The molecule has 0 saturated carbocycles. The summed E-state index contributed by atoms with van der Waals surface area (Å²) in [4.78, 5) is 0. The lowest BCUT2D eigenvalue weighted by Gasteiger charge is -2.27. The molecule has 0 aliphatic rings.